The van der Waals surface area contributed by atoms with Crippen LogP contribution in [0.1, 0.15) is 6.42 Å². The normalized spacial score (nSPS) is 10.0. The van der Waals surface area contributed by atoms with E-state index in [1.54, 1.807) is 0 Å². The lowest BCUT2D eigenvalue weighted by atomic mass is 10.3. The van der Waals surface area contributed by atoms with Crippen LogP contribution in [0.3, 0.4) is 0 Å². The Labute approximate surface area is 88.4 Å². The highest BCUT2D eigenvalue weighted by Crippen LogP contribution is 2.15. The van der Waals surface area contributed by atoms with E-state index in [0.717, 1.165) is 29.6 Å². The van der Waals surface area contributed by atoms with Crippen molar-refractivity contribution in [2.75, 3.05) is 18.6 Å². The molecular formula is C10H13ClOS. The average molecular weight is 217 g/mol. The van der Waals surface area contributed by atoms with Crippen LogP contribution in [0.2, 0.25) is 5.02 Å². The van der Waals surface area contributed by atoms with E-state index in [2.05, 4.69) is 6.26 Å². The maximum absolute atomic E-state index is 5.74. The zero-order chi connectivity index (χ0) is 9.52. The molecule has 1 rings (SSSR count). The van der Waals surface area contributed by atoms with E-state index in [4.69, 9.17) is 16.3 Å². The lowest BCUT2D eigenvalue weighted by Crippen LogP contribution is -1.97. The highest BCUT2D eigenvalue weighted by molar-refractivity contribution is 7.98. The van der Waals surface area contributed by atoms with Crippen molar-refractivity contribution in [3.8, 4) is 5.75 Å². The first kappa shape index (κ1) is 10.7. The first-order valence-electron chi connectivity index (χ1n) is 4.20. The second-order valence-electron chi connectivity index (χ2n) is 2.65. The summed E-state index contributed by atoms with van der Waals surface area (Å²) in [7, 11) is 0. The van der Waals surface area contributed by atoms with Crippen molar-refractivity contribution in [2.24, 2.45) is 0 Å². The molecule has 0 aliphatic rings. The monoisotopic (exact) mass is 216 g/mol. The third kappa shape index (κ3) is 4.44. The van der Waals surface area contributed by atoms with Crippen molar-refractivity contribution < 1.29 is 4.74 Å². The second kappa shape index (κ2) is 6.17. The Kier molecular flexibility index (Phi) is 5.09. The highest BCUT2D eigenvalue weighted by atomic mass is 35.5. The van der Waals surface area contributed by atoms with Gasteiger partial charge in [-0.15, -0.1) is 0 Å². The molecule has 0 aliphatic heterocycles. The molecule has 1 aromatic carbocycles. The number of halogens is 1. The van der Waals surface area contributed by atoms with Gasteiger partial charge >= 0.3 is 0 Å². The number of hydrogen-bond donors (Lipinski definition) is 0. The van der Waals surface area contributed by atoms with Gasteiger partial charge in [-0.1, -0.05) is 11.6 Å². The van der Waals surface area contributed by atoms with E-state index >= 15 is 0 Å². The van der Waals surface area contributed by atoms with Crippen molar-refractivity contribution in [2.45, 2.75) is 6.42 Å². The molecule has 0 fully saturated rings. The quantitative estimate of drug-likeness (QED) is 0.698. The molecule has 72 valence electrons. The summed E-state index contributed by atoms with van der Waals surface area (Å²) in [5.74, 6) is 2.04. The number of hydrogen-bond acceptors (Lipinski definition) is 2. The van der Waals surface area contributed by atoms with Gasteiger partial charge in [-0.05, 0) is 42.7 Å². The van der Waals surface area contributed by atoms with Crippen molar-refractivity contribution in [3.63, 3.8) is 0 Å². The molecule has 0 heterocycles. The molecule has 0 spiro atoms. The van der Waals surface area contributed by atoms with Crippen LogP contribution in [0.25, 0.3) is 0 Å². The average Bonchev–Trinajstić information content (AvgIpc) is 2.15. The fourth-order valence-corrected chi connectivity index (χ4v) is 1.46. The largest absolute Gasteiger partial charge is 0.494 e. The molecule has 3 heteroatoms. The Bertz CT molecular complexity index is 235. The zero-order valence-corrected chi connectivity index (χ0v) is 9.20. The molecule has 0 radical (unpaired) electrons. The van der Waals surface area contributed by atoms with E-state index in [1.165, 1.54) is 0 Å². The molecule has 0 amide bonds. The van der Waals surface area contributed by atoms with Crippen LogP contribution in [0, 0.1) is 0 Å². The van der Waals surface area contributed by atoms with Crippen molar-refractivity contribution >= 4 is 23.4 Å². The molecule has 0 saturated carbocycles. The summed E-state index contributed by atoms with van der Waals surface area (Å²) in [6, 6.07) is 7.46. The van der Waals surface area contributed by atoms with Crippen LogP contribution in [0.4, 0.5) is 0 Å². The van der Waals surface area contributed by atoms with E-state index in [9.17, 15) is 0 Å². The van der Waals surface area contributed by atoms with Crippen molar-refractivity contribution in [1.29, 1.82) is 0 Å². The van der Waals surface area contributed by atoms with Gasteiger partial charge in [0.2, 0.25) is 0 Å². The molecule has 1 aromatic rings. The molecule has 0 aromatic heterocycles. The highest BCUT2D eigenvalue weighted by Gasteiger charge is 1.92. The summed E-state index contributed by atoms with van der Waals surface area (Å²) in [5.41, 5.74) is 0. The minimum absolute atomic E-state index is 0.747. The number of benzene rings is 1. The Morgan fingerprint density at radius 3 is 2.62 bits per heavy atom. The minimum Gasteiger partial charge on any atom is -0.494 e. The molecule has 1 nitrogen and oxygen atoms in total. The molecular weight excluding hydrogens is 204 g/mol. The topological polar surface area (TPSA) is 9.23 Å². The van der Waals surface area contributed by atoms with E-state index in [1.807, 2.05) is 36.0 Å². The van der Waals surface area contributed by atoms with Gasteiger partial charge in [0.15, 0.2) is 0 Å². The molecule has 0 bridgehead atoms. The second-order valence-corrected chi connectivity index (χ2v) is 4.07. The first-order chi connectivity index (χ1) is 6.33. The summed E-state index contributed by atoms with van der Waals surface area (Å²) in [5, 5.41) is 0.747. The van der Waals surface area contributed by atoms with Gasteiger partial charge in [0.25, 0.3) is 0 Å². The lowest BCUT2D eigenvalue weighted by Gasteiger charge is -2.04. The summed E-state index contributed by atoms with van der Waals surface area (Å²) >= 11 is 7.57. The fraction of sp³-hybridized carbons (Fsp3) is 0.400. The van der Waals surface area contributed by atoms with Gasteiger partial charge in [-0.2, -0.15) is 11.8 Å². The van der Waals surface area contributed by atoms with Crippen molar-refractivity contribution in [1.82, 2.24) is 0 Å². The summed E-state index contributed by atoms with van der Waals surface area (Å²) in [6.45, 7) is 0.780. The Balaban J connectivity index is 2.25. The van der Waals surface area contributed by atoms with E-state index < -0.39 is 0 Å². The van der Waals surface area contributed by atoms with Gasteiger partial charge in [-0.25, -0.2) is 0 Å². The van der Waals surface area contributed by atoms with Crippen LogP contribution < -0.4 is 4.74 Å². The molecule has 0 saturated heterocycles. The predicted octanol–water partition coefficient (Wildman–Crippen LogP) is 3.47. The summed E-state index contributed by atoms with van der Waals surface area (Å²) in [4.78, 5) is 0. The number of ether oxygens (including phenoxy) is 1. The maximum atomic E-state index is 5.74. The third-order valence-corrected chi connectivity index (χ3v) is 2.52. The molecule has 0 N–H and O–H groups in total. The molecule has 0 atom stereocenters. The van der Waals surface area contributed by atoms with Crippen LogP contribution in [0.5, 0.6) is 5.75 Å². The number of thioether (sulfide) groups is 1. The van der Waals surface area contributed by atoms with Gasteiger partial charge in [0.05, 0.1) is 6.61 Å². The Morgan fingerprint density at radius 2 is 2.00 bits per heavy atom. The lowest BCUT2D eigenvalue weighted by molar-refractivity contribution is 0.319. The standard InChI is InChI=1S/C10H13ClOS/c1-13-8-2-7-12-10-5-3-9(11)4-6-10/h3-6H,2,7-8H2,1H3. The van der Waals surface area contributed by atoms with Crippen LogP contribution >= 0.6 is 23.4 Å². The summed E-state index contributed by atoms with van der Waals surface area (Å²) in [6.07, 6.45) is 3.19. The predicted molar refractivity (Wildman–Crippen MR) is 59.9 cm³/mol. The van der Waals surface area contributed by atoms with Crippen molar-refractivity contribution in [3.05, 3.63) is 29.3 Å². The van der Waals surface area contributed by atoms with Gasteiger partial charge in [0.1, 0.15) is 5.75 Å². The minimum atomic E-state index is 0.747. The third-order valence-electron chi connectivity index (χ3n) is 1.58. The Hall–Kier alpha value is -0.340. The molecule has 0 aliphatic carbocycles. The Morgan fingerprint density at radius 1 is 1.31 bits per heavy atom. The van der Waals surface area contributed by atoms with Gasteiger partial charge in [-0.3, -0.25) is 0 Å². The summed E-state index contributed by atoms with van der Waals surface area (Å²) < 4.78 is 5.49. The first-order valence-corrected chi connectivity index (χ1v) is 5.97. The number of rotatable bonds is 5. The molecule has 0 unspecified atom stereocenters. The van der Waals surface area contributed by atoms with Crippen LogP contribution in [0.15, 0.2) is 24.3 Å². The van der Waals surface area contributed by atoms with Crippen LogP contribution in [-0.4, -0.2) is 18.6 Å². The molecule has 13 heavy (non-hydrogen) atoms. The van der Waals surface area contributed by atoms with Gasteiger partial charge < -0.3 is 4.74 Å². The van der Waals surface area contributed by atoms with E-state index in [-0.39, 0.29) is 0 Å². The SMILES string of the molecule is CSCCCOc1ccc(Cl)cc1. The maximum Gasteiger partial charge on any atom is 0.119 e. The van der Waals surface area contributed by atoms with Gasteiger partial charge in [0, 0.05) is 5.02 Å². The smallest absolute Gasteiger partial charge is 0.119 e. The van der Waals surface area contributed by atoms with Crippen LogP contribution in [-0.2, 0) is 0 Å². The zero-order valence-electron chi connectivity index (χ0n) is 7.63. The fourth-order valence-electron chi connectivity index (χ4n) is 0.924. The van der Waals surface area contributed by atoms with E-state index in [0.29, 0.717) is 0 Å².